The maximum Gasteiger partial charge on any atom is 0.270 e. The quantitative estimate of drug-likeness (QED) is 0.0645. The highest BCUT2D eigenvalue weighted by atomic mass is 32.2. The van der Waals surface area contributed by atoms with Gasteiger partial charge in [0.25, 0.3) is 10.1 Å². The van der Waals surface area contributed by atoms with Crippen molar-refractivity contribution < 1.29 is 17.7 Å². The monoisotopic (exact) mass is 527 g/mol. The Morgan fingerprint density at radius 3 is 2.11 bits per heavy atom. The molecule has 3 N–H and O–H groups in total. The van der Waals surface area contributed by atoms with E-state index in [1.807, 2.05) is 23.1 Å². The maximum absolute atomic E-state index is 11.1. The first-order chi connectivity index (χ1) is 16.9. The summed E-state index contributed by atoms with van der Waals surface area (Å²) in [6, 6.07) is 5.97. The van der Waals surface area contributed by atoms with Crippen molar-refractivity contribution in [3.63, 3.8) is 0 Å². The second kappa shape index (κ2) is 17.1. The lowest BCUT2D eigenvalue weighted by molar-refractivity contribution is 0.303. The first-order valence-electron chi connectivity index (χ1n) is 13.3. The molecule has 0 unspecified atom stereocenters. The Balaban J connectivity index is 1.53. The molecule has 7 nitrogen and oxygen atoms in total. The molecule has 200 valence electrons. The van der Waals surface area contributed by atoms with Gasteiger partial charge in [0, 0.05) is 4.90 Å². The minimum absolute atomic E-state index is 0.221. The van der Waals surface area contributed by atoms with E-state index in [4.69, 9.17) is 15.1 Å². The second-order valence-corrected chi connectivity index (χ2v) is 11.9. The third-order valence-electron chi connectivity index (χ3n) is 6.32. The number of hydrazone groups is 1. The van der Waals surface area contributed by atoms with Crippen LogP contribution in [0.5, 0.6) is 5.75 Å². The lowest BCUT2D eigenvalue weighted by Gasteiger charge is -2.19. The predicted octanol–water partition coefficient (Wildman–Crippen LogP) is 6.62. The molecule has 1 aliphatic rings. The van der Waals surface area contributed by atoms with Crippen molar-refractivity contribution in [3.8, 4) is 5.75 Å². The van der Waals surface area contributed by atoms with Crippen LogP contribution in [0.15, 0.2) is 28.2 Å². The Morgan fingerprint density at radius 2 is 1.57 bits per heavy atom. The van der Waals surface area contributed by atoms with E-state index in [0.29, 0.717) is 5.88 Å². The zero-order valence-corrected chi connectivity index (χ0v) is 23.1. The summed E-state index contributed by atoms with van der Waals surface area (Å²) >= 11 is 1.66. The summed E-state index contributed by atoms with van der Waals surface area (Å²) in [5.74, 6) is 6.28. The molecule has 0 saturated carbocycles. The average molecular weight is 528 g/mol. The molecule has 0 bridgehead atoms. The molecule has 1 aromatic carbocycles. The van der Waals surface area contributed by atoms with Gasteiger partial charge in [-0.2, -0.15) is 13.5 Å². The van der Waals surface area contributed by atoms with E-state index in [0.717, 1.165) is 29.4 Å². The van der Waals surface area contributed by atoms with Gasteiger partial charge < -0.3 is 15.5 Å². The Morgan fingerprint density at radius 1 is 1.00 bits per heavy atom. The minimum atomic E-state index is -4.15. The van der Waals surface area contributed by atoms with Crippen LogP contribution in [-0.4, -0.2) is 43.5 Å². The lowest BCUT2D eigenvalue weighted by atomic mass is 10.0. The standard InChI is InChI=1S/C26H45N3O4S2/c1-2-3-4-5-6-7-8-9-10-11-12-13-14-15-18-33-24-16-17-25-26(19-24)34-22-29(25)20-23(28-27)21-35(30,31)32/h16-17,19H,2-15,18,20-22,27H2,1H3,(H,30,31,32). The Bertz CT molecular complexity index is 862. The van der Waals surface area contributed by atoms with E-state index in [-0.39, 0.29) is 12.3 Å². The lowest BCUT2D eigenvalue weighted by Crippen LogP contribution is -2.32. The molecule has 0 aromatic heterocycles. The van der Waals surface area contributed by atoms with Crippen molar-refractivity contribution in [1.29, 1.82) is 0 Å². The van der Waals surface area contributed by atoms with Crippen LogP contribution in [0, 0.1) is 0 Å². The fourth-order valence-electron chi connectivity index (χ4n) is 4.35. The molecule has 0 fully saturated rings. The van der Waals surface area contributed by atoms with Crippen molar-refractivity contribution in [3.05, 3.63) is 18.2 Å². The van der Waals surface area contributed by atoms with Gasteiger partial charge >= 0.3 is 0 Å². The molecule has 1 aliphatic heterocycles. The Kier molecular flexibility index (Phi) is 14.5. The van der Waals surface area contributed by atoms with Gasteiger partial charge in [-0.25, -0.2) is 0 Å². The summed E-state index contributed by atoms with van der Waals surface area (Å²) in [7, 11) is -4.15. The minimum Gasteiger partial charge on any atom is -0.494 e. The summed E-state index contributed by atoms with van der Waals surface area (Å²) < 4.78 is 37.3. The van der Waals surface area contributed by atoms with Crippen LogP contribution in [0.3, 0.4) is 0 Å². The third-order valence-corrected chi connectivity index (χ3v) is 8.10. The summed E-state index contributed by atoms with van der Waals surface area (Å²) in [4.78, 5) is 3.08. The van der Waals surface area contributed by atoms with E-state index in [2.05, 4.69) is 12.0 Å². The van der Waals surface area contributed by atoms with Gasteiger partial charge in [-0.05, 0) is 24.6 Å². The van der Waals surface area contributed by atoms with Gasteiger partial charge in [0.05, 0.1) is 30.4 Å². The van der Waals surface area contributed by atoms with Crippen molar-refractivity contribution >= 4 is 33.3 Å². The largest absolute Gasteiger partial charge is 0.494 e. The zero-order chi connectivity index (χ0) is 25.4. The second-order valence-electron chi connectivity index (χ2n) is 9.47. The zero-order valence-electron chi connectivity index (χ0n) is 21.4. The molecule has 1 heterocycles. The van der Waals surface area contributed by atoms with E-state index in [1.165, 1.54) is 83.5 Å². The molecular weight excluding hydrogens is 482 g/mol. The number of rotatable bonds is 20. The SMILES string of the molecule is CCCCCCCCCCCCCCCCOc1ccc2c(c1)SCN2CC(CS(=O)(=O)O)=NN. The van der Waals surface area contributed by atoms with Crippen molar-refractivity contribution in [2.45, 2.75) is 102 Å². The molecule has 0 spiro atoms. The number of unbranched alkanes of at least 4 members (excludes halogenated alkanes) is 13. The number of thioether (sulfide) groups is 1. The molecular formula is C26H45N3O4S2. The molecule has 9 heteroatoms. The van der Waals surface area contributed by atoms with Gasteiger partial charge in [-0.1, -0.05) is 90.4 Å². The number of hydrogen-bond acceptors (Lipinski definition) is 7. The van der Waals surface area contributed by atoms with Crippen molar-refractivity contribution in [2.24, 2.45) is 10.9 Å². The molecule has 0 amide bonds. The van der Waals surface area contributed by atoms with Crippen LogP contribution >= 0.6 is 11.8 Å². The summed E-state index contributed by atoms with van der Waals surface area (Å²) in [5, 5.41) is 3.53. The van der Waals surface area contributed by atoms with Gasteiger partial charge in [0.15, 0.2) is 0 Å². The topological polar surface area (TPSA) is 105 Å². The summed E-state index contributed by atoms with van der Waals surface area (Å²) in [6.07, 6.45) is 18.8. The fourth-order valence-corrected chi connectivity index (χ4v) is 6.01. The summed E-state index contributed by atoms with van der Waals surface area (Å²) in [6.45, 7) is 3.26. The highest BCUT2D eigenvalue weighted by Gasteiger charge is 2.23. The van der Waals surface area contributed by atoms with Crippen LogP contribution in [0.25, 0.3) is 0 Å². The number of nitrogens with two attached hydrogens (primary N) is 1. The van der Waals surface area contributed by atoms with Crippen LogP contribution in [0.4, 0.5) is 5.69 Å². The van der Waals surface area contributed by atoms with Crippen molar-refractivity contribution in [1.82, 2.24) is 0 Å². The third kappa shape index (κ3) is 12.9. The number of ether oxygens (including phenoxy) is 1. The Labute approximate surface area is 217 Å². The number of anilines is 1. The van der Waals surface area contributed by atoms with Crippen LogP contribution in [0.2, 0.25) is 0 Å². The van der Waals surface area contributed by atoms with Gasteiger partial charge in [-0.3, -0.25) is 4.55 Å². The maximum atomic E-state index is 11.1. The van der Waals surface area contributed by atoms with Crippen LogP contribution < -0.4 is 15.5 Å². The van der Waals surface area contributed by atoms with Crippen LogP contribution in [0.1, 0.15) is 96.8 Å². The average Bonchev–Trinajstić information content (AvgIpc) is 3.22. The number of hydrogen-bond donors (Lipinski definition) is 2. The first kappa shape index (κ1) is 29.8. The number of fused-ring (bicyclic) bond motifs is 1. The van der Waals surface area contributed by atoms with E-state index < -0.39 is 15.9 Å². The van der Waals surface area contributed by atoms with Gasteiger partial charge in [0.1, 0.15) is 11.5 Å². The molecule has 0 aliphatic carbocycles. The molecule has 0 saturated heterocycles. The van der Waals surface area contributed by atoms with Crippen LogP contribution in [-0.2, 0) is 10.1 Å². The molecule has 0 atom stereocenters. The molecule has 2 rings (SSSR count). The Hall–Kier alpha value is -1.45. The molecule has 1 aromatic rings. The first-order valence-corrected chi connectivity index (χ1v) is 15.9. The molecule has 35 heavy (non-hydrogen) atoms. The normalized spacial score (nSPS) is 13.9. The van der Waals surface area contributed by atoms with Gasteiger partial charge in [-0.15, -0.1) is 11.8 Å². The van der Waals surface area contributed by atoms with E-state index in [1.54, 1.807) is 11.8 Å². The number of nitrogens with zero attached hydrogens (tertiary/aromatic N) is 2. The molecule has 0 radical (unpaired) electrons. The predicted molar refractivity (Wildman–Crippen MR) is 148 cm³/mol. The van der Waals surface area contributed by atoms with E-state index >= 15 is 0 Å². The smallest absolute Gasteiger partial charge is 0.270 e. The highest BCUT2D eigenvalue weighted by molar-refractivity contribution is 7.99. The van der Waals surface area contributed by atoms with Crippen molar-refractivity contribution in [2.75, 3.05) is 29.7 Å². The van der Waals surface area contributed by atoms with E-state index in [9.17, 15) is 8.42 Å². The van der Waals surface area contributed by atoms with Gasteiger partial charge in [0.2, 0.25) is 0 Å². The summed E-state index contributed by atoms with van der Waals surface area (Å²) in [5.41, 5.74) is 1.22. The number of benzene rings is 1. The fraction of sp³-hybridized carbons (Fsp3) is 0.731. The highest BCUT2D eigenvalue weighted by Crippen LogP contribution is 2.40.